The van der Waals surface area contributed by atoms with Gasteiger partial charge in [-0.05, 0) is 6.42 Å². The number of esters is 1. The Bertz CT molecular complexity index is 294. The molecule has 0 aliphatic rings. The first kappa shape index (κ1) is 21.8. The Morgan fingerprint density at radius 3 is 1.87 bits per heavy atom. The van der Waals surface area contributed by atoms with E-state index >= 15 is 0 Å². The number of carbonyl (C=O) groups is 2. The van der Waals surface area contributed by atoms with Gasteiger partial charge in [0, 0.05) is 6.42 Å². The third kappa shape index (κ3) is 18.8. The second-order valence-corrected chi connectivity index (χ2v) is 5.01. The van der Waals surface area contributed by atoms with Gasteiger partial charge in [-0.1, -0.05) is 26.2 Å². The fourth-order valence-electron chi connectivity index (χ4n) is 1.68. The number of rotatable bonds is 17. The monoisotopic (exact) mass is 334 g/mol. The van der Waals surface area contributed by atoms with Crippen LogP contribution in [0.5, 0.6) is 0 Å². The molecule has 0 aliphatic carbocycles. The van der Waals surface area contributed by atoms with Crippen LogP contribution in [0.4, 0.5) is 0 Å². The molecule has 23 heavy (non-hydrogen) atoms. The quantitative estimate of drug-likeness (QED) is 0.321. The molecule has 7 nitrogen and oxygen atoms in total. The summed E-state index contributed by atoms with van der Waals surface area (Å²) in [6, 6.07) is 0. The molecule has 0 aromatic rings. The molecule has 0 heterocycles. The van der Waals surface area contributed by atoms with Crippen LogP contribution in [0, 0.1) is 0 Å². The fraction of sp³-hybridized carbons (Fsp3) is 0.875. The molecule has 0 aromatic heterocycles. The SMILES string of the molecule is CCCCCCC(=O)OCCOCCOCCOCCC(=O)O. The van der Waals surface area contributed by atoms with E-state index in [1.54, 1.807) is 0 Å². The highest BCUT2D eigenvalue weighted by Crippen LogP contribution is 2.03. The molecular formula is C16H30O7. The maximum absolute atomic E-state index is 11.4. The van der Waals surface area contributed by atoms with E-state index in [0.717, 1.165) is 25.7 Å². The Balaban J connectivity index is 3.12. The lowest BCUT2D eigenvalue weighted by Gasteiger charge is -2.07. The van der Waals surface area contributed by atoms with Crippen LogP contribution >= 0.6 is 0 Å². The Labute approximate surface area is 138 Å². The van der Waals surface area contributed by atoms with Gasteiger partial charge >= 0.3 is 11.9 Å². The molecule has 0 bridgehead atoms. The minimum absolute atomic E-state index is 0.000432. The van der Waals surface area contributed by atoms with Crippen LogP contribution in [-0.4, -0.2) is 63.3 Å². The molecule has 0 rings (SSSR count). The van der Waals surface area contributed by atoms with Gasteiger partial charge in [-0.2, -0.15) is 0 Å². The Morgan fingerprint density at radius 2 is 1.30 bits per heavy atom. The van der Waals surface area contributed by atoms with Crippen LogP contribution in [-0.2, 0) is 28.5 Å². The average molecular weight is 334 g/mol. The Kier molecular flexibility index (Phi) is 16.3. The molecular weight excluding hydrogens is 304 g/mol. The maximum atomic E-state index is 11.4. The topological polar surface area (TPSA) is 91.3 Å². The molecule has 136 valence electrons. The lowest BCUT2D eigenvalue weighted by atomic mass is 10.2. The van der Waals surface area contributed by atoms with Gasteiger partial charge in [0.1, 0.15) is 6.61 Å². The van der Waals surface area contributed by atoms with Crippen molar-refractivity contribution in [1.82, 2.24) is 0 Å². The predicted molar refractivity (Wildman–Crippen MR) is 84.4 cm³/mol. The third-order valence-electron chi connectivity index (χ3n) is 2.93. The van der Waals surface area contributed by atoms with Crippen molar-refractivity contribution >= 4 is 11.9 Å². The van der Waals surface area contributed by atoms with Crippen LogP contribution in [0.2, 0.25) is 0 Å². The van der Waals surface area contributed by atoms with Gasteiger partial charge in [-0.25, -0.2) is 0 Å². The van der Waals surface area contributed by atoms with Crippen molar-refractivity contribution in [3.63, 3.8) is 0 Å². The summed E-state index contributed by atoms with van der Waals surface area (Å²) in [5.74, 6) is -1.04. The summed E-state index contributed by atoms with van der Waals surface area (Å²) < 4.78 is 20.6. The number of carboxylic acid groups (broad SMARTS) is 1. The second kappa shape index (κ2) is 17.2. The van der Waals surface area contributed by atoms with Gasteiger partial charge in [0.2, 0.25) is 0 Å². The number of carbonyl (C=O) groups excluding carboxylic acids is 1. The number of aliphatic carboxylic acids is 1. The zero-order chi connectivity index (χ0) is 17.2. The van der Waals surface area contributed by atoms with Crippen molar-refractivity contribution in [1.29, 1.82) is 0 Å². The lowest BCUT2D eigenvalue weighted by Crippen LogP contribution is -2.14. The maximum Gasteiger partial charge on any atom is 0.305 e. The van der Waals surface area contributed by atoms with E-state index in [1.807, 2.05) is 0 Å². The van der Waals surface area contributed by atoms with E-state index in [9.17, 15) is 9.59 Å². The van der Waals surface area contributed by atoms with Gasteiger partial charge in [-0.15, -0.1) is 0 Å². The second-order valence-electron chi connectivity index (χ2n) is 5.01. The molecule has 0 atom stereocenters. The van der Waals surface area contributed by atoms with Gasteiger partial charge < -0.3 is 24.1 Å². The number of hydrogen-bond donors (Lipinski definition) is 1. The summed E-state index contributed by atoms with van der Waals surface area (Å²) in [7, 11) is 0. The standard InChI is InChI=1S/C16H30O7/c1-2-3-4-5-6-16(19)23-14-13-22-12-11-21-10-9-20-8-7-15(17)18/h2-14H2,1H3,(H,17,18). The van der Waals surface area contributed by atoms with E-state index in [4.69, 9.17) is 24.1 Å². The summed E-state index contributed by atoms with van der Waals surface area (Å²) in [5, 5.41) is 8.40. The number of hydrogen-bond acceptors (Lipinski definition) is 6. The molecule has 0 spiro atoms. The van der Waals surface area contributed by atoms with Gasteiger partial charge in [0.15, 0.2) is 0 Å². The normalized spacial score (nSPS) is 10.7. The highest BCUT2D eigenvalue weighted by Gasteiger charge is 2.02. The summed E-state index contributed by atoms with van der Waals surface area (Å²) in [6.45, 7) is 4.56. The number of ether oxygens (including phenoxy) is 4. The van der Waals surface area contributed by atoms with Gasteiger partial charge in [-0.3, -0.25) is 9.59 Å². The van der Waals surface area contributed by atoms with Crippen molar-refractivity contribution < 1.29 is 33.6 Å². The molecule has 7 heteroatoms. The first-order valence-electron chi connectivity index (χ1n) is 8.27. The Hall–Kier alpha value is -1.18. The average Bonchev–Trinajstić information content (AvgIpc) is 2.52. The summed E-state index contributed by atoms with van der Waals surface area (Å²) >= 11 is 0. The summed E-state index contributed by atoms with van der Waals surface area (Å²) in [6.07, 6.45) is 4.74. The van der Waals surface area contributed by atoms with Crippen LogP contribution in [0.25, 0.3) is 0 Å². The van der Waals surface area contributed by atoms with Crippen molar-refractivity contribution in [3.05, 3.63) is 0 Å². The van der Waals surface area contributed by atoms with Crippen LogP contribution in [0.1, 0.15) is 45.4 Å². The highest BCUT2D eigenvalue weighted by molar-refractivity contribution is 5.69. The molecule has 0 saturated carbocycles. The largest absolute Gasteiger partial charge is 0.481 e. The van der Waals surface area contributed by atoms with Crippen molar-refractivity contribution in [2.45, 2.75) is 45.4 Å². The van der Waals surface area contributed by atoms with Crippen molar-refractivity contribution in [2.75, 3.05) is 46.2 Å². The van der Waals surface area contributed by atoms with Crippen LogP contribution in [0.15, 0.2) is 0 Å². The first-order chi connectivity index (χ1) is 11.2. The molecule has 0 amide bonds. The first-order valence-corrected chi connectivity index (χ1v) is 8.27. The Morgan fingerprint density at radius 1 is 0.739 bits per heavy atom. The molecule has 1 N–H and O–H groups in total. The molecule has 0 saturated heterocycles. The van der Waals surface area contributed by atoms with E-state index in [2.05, 4.69) is 6.92 Å². The molecule has 0 radical (unpaired) electrons. The van der Waals surface area contributed by atoms with E-state index in [0.29, 0.717) is 39.5 Å². The van der Waals surface area contributed by atoms with Gasteiger partial charge in [0.25, 0.3) is 0 Å². The molecule has 0 unspecified atom stereocenters. The fourth-order valence-corrected chi connectivity index (χ4v) is 1.68. The van der Waals surface area contributed by atoms with E-state index in [-0.39, 0.29) is 25.6 Å². The van der Waals surface area contributed by atoms with E-state index < -0.39 is 5.97 Å². The third-order valence-corrected chi connectivity index (χ3v) is 2.93. The zero-order valence-corrected chi connectivity index (χ0v) is 14.1. The minimum Gasteiger partial charge on any atom is -0.481 e. The molecule has 0 aliphatic heterocycles. The van der Waals surface area contributed by atoms with Crippen LogP contribution in [0.3, 0.4) is 0 Å². The van der Waals surface area contributed by atoms with Gasteiger partial charge in [0.05, 0.1) is 46.1 Å². The van der Waals surface area contributed by atoms with E-state index in [1.165, 1.54) is 0 Å². The highest BCUT2D eigenvalue weighted by atomic mass is 16.6. The minimum atomic E-state index is -0.874. The van der Waals surface area contributed by atoms with Crippen LogP contribution < -0.4 is 0 Å². The zero-order valence-electron chi connectivity index (χ0n) is 14.1. The van der Waals surface area contributed by atoms with Crippen molar-refractivity contribution in [3.8, 4) is 0 Å². The number of carboxylic acids is 1. The lowest BCUT2D eigenvalue weighted by molar-refractivity contribution is -0.145. The molecule has 0 fully saturated rings. The molecule has 0 aromatic carbocycles. The predicted octanol–water partition coefficient (Wildman–Crippen LogP) is 2.02. The summed E-state index contributed by atoms with van der Waals surface area (Å²) in [5.41, 5.74) is 0. The summed E-state index contributed by atoms with van der Waals surface area (Å²) in [4.78, 5) is 21.6. The number of unbranched alkanes of at least 4 members (excludes halogenated alkanes) is 3. The smallest absolute Gasteiger partial charge is 0.305 e. The van der Waals surface area contributed by atoms with Crippen molar-refractivity contribution in [2.24, 2.45) is 0 Å².